The number of amides is 2. The van der Waals surface area contributed by atoms with Gasteiger partial charge < -0.3 is 10.2 Å². The van der Waals surface area contributed by atoms with Crippen LogP contribution in [0.15, 0.2) is 24.3 Å². The van der Waals surface area contributed by atoms with Crippen molar-refractivity contribution in [1.29, 1.82) is 5.26 Å². The number of rotatable bonds is 5. The van der Waals surface area contributed by atoms with Gasteiger partial charge in [-0.1, -0.05) is 6.07 Å². The van der Waals surface area contributed by atoms with Gasteiger partial charge in [-0.25, -0.2) is 0 Å². The van der Waals surface area contributed by atoms with Crippen LogP contribution in [0.1, 0.15) is 32.3 Å². The van der Waals surface area contributed by atoms with Gasteiger partial charge >= 0.3 is 0 Å². The van der Waals surface area contributed by atoms with Crippen LogP contribution in [-0.2, 0) is 9.59 Å². The molecule has 0 saturated heterocycles. The van der Waals surface area contributed by atoms with Crippen molar-refractivity contribution in [2.75, 3.05) is 18.4 Å². The number of carbonyl (C=O) groups excluding carboxylic acids is 2. The Morgan fingerprint density at radius 1 is 1.33 bits per heavy atom. The first kappa shape index (κ1) is 15.0. The van der Waals surface area contributed by atoms with Crippen molar-refractivity contribution in [2.24, 2.45) is 5.41 Å². The molecule has 1 N–H and O–H groups in total. The molecular weight excluding hydrogens is 266 g/mol. The molecule has 0 heterocycles. The molecule has 1 fully saturated rings. The molecule has 0 spiro atoms. The van der Waals surface area contributed by atoms with Crippen LogP contribution in [0.4, 0.5) is 5.69 Å². The summed E-state index contributed by atoms with van der Waals surface area (Å²) in [4.78, 5) is 26.6. The highest BCUT2D eigenvalue weighted by molar-refractivity contribution is 6.13. The number of carbonyl (C=O) groups is 2. The zero-order valence-corrected chi connectivity index (χ0v) is 12.3. The normalized spacial score (nSPS) is 14.9. The predicted molar refractivity (Wildman–Crippen MR) is 79.4 cm³/mol. The molecule has 1 saturated carbocycles. The van der Waals surface area contributed by atoms with E-state index in [2.05, 4.69) is 5.32 Å². The van der Waals surface area contributed by atoms with Crippen molar-refractivity contribution in [3.05, 3.63) is 29.8 Å². The molecule has 2 amide bonds. The molecule has 1 aliphatic rings. The third kappa shape index (κ3) is 2.89. The Hall–Kier alpha value is -2.35. The zero-order valence-electron chi connectivity index (χ0n) is 12.3. The molecule has 1 aliphatic carbocycles. The van der Waals surface area contributed by atoms with Gasteiger partial charge in [0.1, 0.15) is 5.41 Å². The molecule has 21 heavy (non-hydrogen) atoms. The predicted octanol–water partition coefficient (Wildman–Crippen LogP) is 2.15. The number of nitriles is 1. The van der Waals surface area contributed by atoms with Crippen molar-refractivity contribution >= 4 is 17.5 Å². The summed E-state index contributed by atoms with van der Waals surface area (Å²) < 4.78 is 0. The molecule has 0 bridgehead atoms. The van der Waals surface area contributed by atoms with Gasteiger partial charge in [0.15, 0.2) is 0 Å². The Kier molecular flexibility index (Phi) is 4.27. The molecule has 0 atom stereocenters. The van der Waals surface area contributed by atoms with Gasteiger partial charge in [0, 0.05) is 18.8 Å². The number of anilines is 1. The molecule has 1 aromatic carbocycles. The summed E-state index contributed by atoms with van der Waals surface area (Å²) >= 11 is 0. The average Bonchev–Trinajstić information content (AvgIpc) is 3.30. The van der Waals surface area contributed by atoms with Crippen LogP contribution in [0.25, 0.3) is 0 Å². The van der Waals surface area contributed by atoms with Gasteiger partial charge in [0.05, 0.1) is 11.6 Å². The number of benzene rings is 1. The smallest absolute Gasteiger partial charge is 0.240 e. The highest BCUT2D eigenvalue weighted by Crippen LogP contribution is 2.48. The van der Waals surface area contributed by atoms with Gasteiger partial charge in [0.2, 0.25) is 11.8 Å². The minimum Gasteiger partial charge on any atom is -0.342 e. The number of nitrogens with zero attached hydrogens (tertiary/aromatic N) is 2. The Morgan fingerprint density at radius 2 is 2.00 bits per heavy atom. The Balaban J connectivity index is 2.13. The highest BCUT2D eigenvalue weighted by atomic mass is 16.2. The summed E-state index contributed by atoms with van der Waals surface area (Å²) in [5.74, 6) is -0.365. The summed E-state index contributed by atoms with van der Waals surface area (Å²) in [7, 11) is 0. The van der Waals surface area contributed by atoms with Crippen LogP contribution in [0, 0.1) is 16.7 Å². The minimum absolute atomic E-state index is 0.0959. The van der Waals surface area contributed by atoms with Gasteiger partial charge in [-0.05, 0) is 44.9 Å². The zero-order chi connectivity index (χ0) is 15.5. The molecule has 0 aliphatic heterocycles. The first-order chi connectivity index (χ1) is 10.1. The molecule has 110 valence electrons. The first-order valence-electron chi connectivity index (χ1n) is 7.18. The summed E-state index contributed by atoms with van der Waals surface area (Å²) in [6.07, 6.45) is 1.18. The van der Waals surface area contributed by atoms with Crippen LogP contribution >= 0.6 is 0 Å². The lowest BCUT2D eigenvalue weighted by Gasteiger charge is -2.24. The molecule has 0 unspecified atom stereocenters. The maximum atomic E-state index is 12.5. The lowest BCUT2D eigenvalue weighted by molar-refractivity contribution is -0.141. The Morgan fingerprint density at radius 3 is 2.52 bits per heavy atom. The molecule has 1 aromatic rings. The van der Waals surface area contributed by atoms with Crippen molar-refractivity contribution in [1.82, 2.24) is 4.90 Å². The van der Waals surface area contributed by atoms with Crippen molar-refractivity contribution in [3.8, 4) is 6.07 Å². The van der Waals surface area contributed by atoms with Crippen LogP contribution in [0.3, 0.4) is 0 Å². The minimum atomic E-state index is -0.908. The van der Waals surface area contributed by atoms with E-state index in [1.54, 1.807) is 29.2 Å². The maximum absolute atomic E-state index is 12.5. The largest absolute Gasteiger partial charge is 0.342 e. The van der Waals surface area contributed by atoms with E-state index in [4.69, 9.17) is 5.26 Å². The number of hydrogen-bond donors (Lipinski definition) is 1. The summed E-state index contributed by atoms with van der Waals surface area (Å²) in [6.45, 7) is 5.03. The molecule has 5 nitrogen and oxygen atoms in total. The Bertz CT molecular complexity index is 596. The number of nitrogens with one attached hydrogen (secondary N) is 1. The van der Waals surface area contributed by atoms with E-state index in [-0.39, 0.29) is 11.8 Å². The van der Waals surface area contributed by atoms with Crippen LogP contribution in [0.2, 0.25) is 0 Å². The molecule has 2 rings (SSSR count). The van der Waals surface area contributed by atoms with Gasteiger partial charge in [-0.3, -0.25) is 9.59 Å². The second kappa shape index (κ2) is 5.96. The average molecular weight is 285 g/mol. The van der Waals surface area contributed by atoms with Crippen LogP contribution in [-0.4, -0.2) is 29.8 Å². The third-order valence-electron chi connectivity index (χ3n) is 3.89. The third-order valence-corrected chi connectivity index (χ3v) is 3.89. The lowest BCUT2D eigenvalue weighted by Crippen LogP contribution is -2.42. The second-order valence-corrected chi connectivity index (χ2v) is 5.21. The molecule has 0 aromatic heterocycles. The quantitative estimate of drug-likeness (QED) is 0.842. The van der Waals surface area contributed by atoms with Crippen LogP contribution < -0.4 is 5.32 Å². The molecule has 5 heteroatoms. The van der Waals surface area contributed by atoms with Crippen molar-refractivity contribution in [3.63, 3.8) is 0 Å². The van der Waals surface area contributed by atoms with Crippen molar-refractivity contribution in [2.45, 2.75) is 26.7 Å². The van der Waals surface area contributed by atoms with Crippen LogP contribution in [0.5, 0.6) is 0 Å². The molecular formula is C16H19N3O2. The van der Waals surface area contributed by atoms with E-state index < -0.39 is 5.41 Å². The summed E-state index contributed by atoms with van der Waals surface area (Å²) in [6, 6.07) is 8.73. The van der Waals surface area contributed by atoms with E-state index in [0.717, 1.165) is 0 Å². The fourth-order valence-electron chi connectivity index (χ4n) is 2.39. The topological polar surface area (TPSA) is 73.2 Å². The van der Waals surface area contributed by atoms with Gasteiger partial charge in [-0.2, -0.15) is 5.26 Å². The van der Waals surface area contributed by atoms with E-state index in [1.807, 2.05) is 19.9 Å². The first-order valence-corrected chi connectivity index (χ1v) is 7.18. The van der Waals surface area contributed by atoms with Crippen molar-refractivity contribution < 1.29 is 9.59 Å². The van der Waals surface area contributed by atoms with E-state index in [1.165, 1.54) is 0 Å². The van der Waals surface area contributed by atoms with Gasteiger partial charge in [-0.15, -0.1) is 0 Å². The second-order valence-electron chi connectivity index (χ2n) is 5.21. The monoisotopic (exact) mass is 285 g/mol. The maximum Gasteiger partial charge on any atom is 0.240 e. The number of hydrogen-bond acceptors (Lipinski definition) is 3. The van der Waals surface area contributed by atoms with E-state index >= 15 is 0 Å². The van der Waals surface area contributed by atoms with E-state index in [9.17, 15) is 9.59 Å². The van der Waals surface area contributed by atoms with E-state index in [0.29, 0.717) is 37.2 Å². The SMILES string of the molecule is CCN(CC)C(=O)C1(C(=O)Nc2cccc(C#N)c2)CC1. The standard InChI is InChI=1S/C16H19N3O2/c1-3-19(4-2)15(21)16(8-9-16)14(20)18-13-7-5-6-12(10-13)11-17/h5-7,10H,3-4,8-9H2,1-2H3,(H,18,20). The Labute approximate surface area is 124 Å². The fraction of sp³-hybridized carbons (Fsp3) is 0.438. The highest BCUT2D eigenvalue weighted by Gasteiger charge is 2.57. The summed E-state index contributed by atoms with van der Waals surface area (Å²) in [5, 5.41) is 11.6. The fourth-order valence-corrected chi connectivity index (χ4v) is 2.39. The molecule has 0 radical (unpaired) electrons. The van der Waals surface area contributed by atoms with Gasteiger partial charge in [0.25, 0.3) is 0 Å². The lowest BCUT2D eigenvalue weighted by atomic mass is 10.0. The summed E-state index contributed by atoms with van der Waals surface area (Å²) in [5.41, 5.74) is 0.125.